The van der Waals surface area contributed by atoms with Crippen LogP contribution in [0.3, 0.4) is 0 Å². The summed E-state index contributed by atoms with van der Waals surface area (Å²) in [5, 5.41) is 3.41. The fraction of sp³-hybridized carbons (Fsp3) is 0.615. The van der Waals surface area contributed by atoms with Crippen molar-refractivity contribution >= 4 is 0 Å². The fourth-order valence-electron chi connectivity index (χ4n) is 1.40. The molecule has 0 saturated heterocycles. The van der Waals surface area contributed by atoms with Crippen LogP contribution in [0.15, 0.2) is 24.5 Å². The maximum absolute atomic E-state index is 5.72. The van der Waals surface area contributed by atoms with Gasteiger partial charge in [-0.05, 0) is 44.5 Å². The number of nitrogens with one attached hydrogen (secondary N) is 1. The van der Waals surface area contributed by atoms with Crippen molar-refractivity contribution < 1.29 is 4.74 Å². The van der Waals surface area contributed by atoms with Crippen LogP contribution in [-0.4, -0.2) is 24.2 Å². The zero-order chi connectivity index (χ0) is 11.8. The van der Waals surface area contributed by atoms with Gasteiger partial charge in [0.25, 0.3) is 0 Å². The Morgan fingerprint density at radius 1 is 1.38 bits per heavy atom. The number of aromatic nitrogens is 1. The SMILES string of the molecule is CC(C)CNCCC(C)Oc1cccnc1. The van der Waals surface area contributed by atoms with Crippen LogP contribution in [0.5, 0.6) is 5.75 Å². The summed E-state index contributed by atoms with van der Waals surface area (Å²) in [5.41, 5.74) is 0. The highest BCUT2D eigenvalue weighted by Crippen LogP contribution is 2.10. The average molecular weight is 222 g/mol. The molecular weight excluding hydrogens is 200 g/mol. The van der Waals surface area contributed by atoms with Gasteiger partial charge in [-0.15, -0.1) is 0 Å². The number of hydrogen-bond acceptors (Lipinski definition) is 3. The molecule has 1 aromatic rings. The first-order chi connectivity index (χ1) is 7.68. The topological polar surface area (TPSA) is 34.1 Å². The minimum absolute atomic E-state index is 0.226. The Hall–Kier alpha value is -1.09. The first-order valence-electron chi connectivity index (χ1n) is 5.96. The van der Waals surface area contributed by atoms with E-state index in [0.29, 0.717) is 5.92 Å². The molecule has 1 atom stereocenters. The predicted octanol–water partition coefficient (Wildman–Crippen LogP) is 2.48. The lowest BCUT2D eigenvalue weighted by Gasteiger charge is -2.15. The van der Waals surface area contributed by atoms with E-state index in [2.05, 4.69) is 31.1 Å². The molecule has 1 heterocycles. The molecule has 0 aliphatic heterocycles. The summed E-state index contributed by atoms with van der Waals surface area (Å²) in [6.07, 6.45) is 4.74. The van der Waals surface area contributed by atoms with Crippen molar-refractivity contribution in [2.75, 3.05) is 13.1 Å². The Labute approximate surface area is 98.2 Å². The third-order valence-electron chi connectivity index (χ3n) is 2.25. The van der Waals surface area contributed by atoms with Gasteiger partial charge in [0.1, 0.15) is 5.75 Å². The summed E-state index contributed by atoms with van der Waals surface area (Å²) in [6, 6.07) is 3.82. The molecule has 0 aromatic carbocycles. The van der Waals surface area contributed by atoms with Gasteiger partial charge in [0.05, 0.1) is 12.3 Å². The second-order valence-corrected chi connectivity index (χ2v) is 4.50. The first-order valence-corrected chi connectivity index (χ1v) is 5.96. The molecule has 0 aliphatic rings. The minimum Gasteiger partial charge on any atom is -0.489 e. The molecule has 0 bridgehead atoms. The molecular formula is C13H22N2O. The van der Waals surface area contributed by atoms with Crippen LogP contribution in [0, 0.1) is 5.92 Å². The first kappa shape index (κ1) is 13.0. The smallest absolute Gasteiger partial charge is 0.137 e. The molecule has 1 aromatic heterocycles. The minimum atomic E-state index is 0.226. The molecule has 0 spiro atoms. The Morgan fingerprint density at radius 3 is 2.81 bits per heavy atom. The molecule has 0 aliphatic carbocycles. The van der Waals surface area contributed by atoms with Gasteiger partial charge in [0, 0.05) is 6.20 Å². The van der Waals surface area contributed by atoms with Gasteiger partial charge in [-0.25, -0.2) is 0 Å². The highest BCUT2D eigenvalue weighted by molar-refractivity contribution is 5.15. The number of pyridine rings is 1. The van der Waals surface area contributed by atoms with Gasteiger partial charge < -0.3 is 10.1 Å². The molecule has 16 heavy (non-hydrogen) atoms. The second kappa shape index (κ2) is 7.23. The number of rotatable bonds is 7. The van der Waals surface area contributed by atoms with Gasteiger partial charge in [-0.2, -0.15) is 0 Å². The highest BCUT2D eigenvalue weighted by Gasteiger charge is 2.03. The van der Waals surface area contributed by atoms with E-state index in [4.69, 9.17) is 4.74 Å². The molecule has 1 rings (SSSR count). The van der Waals surface area contributed by atoms with E-state index < -0.39 is 0 Å². The van der Waals surface area contributed by atoms with E-state index in [-0.39, 0.29) is 6.10 Å². The van der Waals surface area contributed by atoms with Crippen LogP contribution >= 0.6 is 0 Å². The Kier molecular flexibility index (Phi) is 5.86. The van der Waals surface area contributed by atoms with Gasteiger partial charge in [0.15, 0.2) is 0 Å². The number of nitrogens with zero attached hydrogens (tertiary/aromatic N) is 1. The normalized spacial score (nSPS) is 12.8. The fourth-order valence-corrected chi connectivity index (χ4v) is 1.40. The van der Waals surface area contributed by atoms with Crippen molar-refractivity contribution in [3.8, 4) is 5.75 Å². The van der Waals surface area contributed by atoms with Crippen molar-refractivity contribution in [3.05, 3.63) is 24.5 Å². The quantitative estimate of drug-likeness (QED) is 0.720. The Bertz CT molecular complexity index is 275. The maximum Gasteiger partial charge on any atom is 0.137 e. The zero-order valence-electron chi connectivity index (χ0n) is 10.4. The molecule has 0 radical (unpaired) electrons. The lowest BCUT2D eigenvalue weighted by molar-refractivity contribution is 0.208. The van der Waals surface area contributed by atoms with Crippen molar-refractivity contribution in [2.24, 2.45) is 5.92 Å². The second-order valence-electron chi connectivity index (χ2n) is 4.50. The van der Waals surface area contributed by atoms with Crippen LogP contribution in [0.1, 0.15) is 27.2 Å². The Balaban J connectivity index is 2.14. The zero-order valence-corrected chi connectivity index (χ0v) is 10.4. The summed E-state index contributed by atoms with van der Waals surface area (Å²) < 4.78 is 5.72. The van der Waals surface area contributed by atoms with E-state index in [1.54, 1.807) is 12.4 Å². The predicted molar refractivity (Wildman–Crippen MR) is 66.7 cm³/mol. The molecule has 0 saturated carbocycles. The summed E-state index contributed by atoms with van der Waals surface area (Å²) in [7, 11) is 0. The van der Waals surface area contributed by atoms with Gasteiger partial charge in [0.2, 0.25) is 0 Å². The summed E-state index contributed by atoms with van der Waals surface area (Å²) in [6.45, 7) is 8.58. The molecule has 3 heteroatoms. The van der Waals surface area contributed by atoms with E-state index in [1.807, 2.05) is 12.1 Å². The van der Waals surface area contributed by atoms with Crippen molar-refractivity contribution in [1.29, 1.82) is 0 Å². The lowest BCUT2D eigenvalue weighted by atomic mass is 10.2. The lowest BCUT2D eigenvalue weighted by Crippen LogP contribution is -2.25. The summed E-state index contributed by atoms with van der Waals surface area (Å²) >= 11 is 0. The van der Waals surface area contributed by atoms with Crippen LogP contribution in [-0.2, 0) is 0 Å². The molecule has 3 nitrogen and oxygen atoms in total. The van der Waals surface area contributed by atoms with E-state index >= 15 is 0 Å². The number of ether oxygens (including phenoxy) is 1. The molecule has 0 fully saturated rings. The van der Waals surface area contributed by atoms with Crippen molar-refractivity contribution in [2.45, 2.75) is 33.3 Å². The largest absolute Gasteiger partial charge is 0.489 e. The standard InChI is InChI=1S/C13H22N2O/c1-11(2)9-15-8-6-12(3)16-13-5-4-7-14-10-13/h4-5,7,10-12,15H,6,8-9H2,1-3H3. The molecule has 90 valence electrons. The third kappa shape index (κ3) is 5.71. The molecule has 1 unspecified atom stereocenters. The van der Waals surface area contributed by atoms with Gasteiger partial charge in [-0.3, -0.25) is 4.98 Å². The highest BCUT2D eigenvalue weighted by atomic mass is 16.5. The molecule has 1 N–H and O–H groups in total. The van der Waals surface area contributed by atoms with Gasteiger partial charge in [-0.1, -0.05) is 13.8 Å². The van der Waals surface area contributed by atoms with E-state index in [1.165, 1.54) is 0 Å². The van der Waals surface area contributed by atoms with Crippen molar-refractivity contribution in [1.82, 2.24) is 10.3 Å². The van der Waals surface area contributed by atoms with Crippen LogP contribution in [0.2, 0.25) is 0 Å². The third-order valence-corrected chi connectivity index (χ3v) is 2.25. The van der Waals surface area contributed by atoms with E-state index in [0.717, 1.165) is 25.3 Å². The Morgan fingerprint density at radius 2 is 2.19 bits per heavy atom. The summed E-state index contributed by atoms with van der Waals surface area (Å²) in [4.78, 5) is 4.02. The van der Waals surface area contributed by atoms with Crippen LogP contribution in [0.25, 0.3) is 0 Å². The monoisotopic (exact) mass is 222 g/mol. The van der Waals surface area contributed by atoms with Crippen molar-refractivity contribution in [3.63, 3.8) is 0 Å². The van der Waals surface area contributed by atoms with E-state index in [9.17, 15) is 0 Å². The maximum atomic E-state index is 5.72. The number of hydrogen-bond donors (Lipinski definition) is 1. The van der Waals surface area contributed by atoms with Gasteiger partial charge >= 0.3 is 0 Å². The summed E-state index contributed by atoms with van der Waals surface area (Å²) in [5.74, 6) is 1.55. The van der Waals surface area contributed by atoms with Crippen LogP contribution < -0.4 is 10.1 Å². The average Bonchev–Trinajstić information content (AvgIpc) is 2.25. The van der Waals surface area contributed by atoms with Crippen LogP contribution in [0.4, 0.5) is 0 Å². The molecule has 0 amide bonds.